The average molecular weight is 2430 g/mol. The molecule has 0 unspecified atom stereocenters. The Balaban J connectivity index is 0.00000167. The van der Waals surface area contributed by atoms with Crippen molar-refractivity contribution in [1.82, 2.24) is 10.6 Å². The Morgan fingerprint density at radius 3 is 1.19 bits per heavy atom. The van der Waals surface area contributed by atoms with Gasteiger partial charge in [-0.3, -0.25) is 4.99 Å². The van der Waals surface area contributed by atoms with Gasteiger partial charge in [-0.25, -0.2) is 9.59 Å². The number of amides is 2. The van der Waals surface area contributed by atoms with Gasteiger partial charge in [0.05, 0.1) is 21.9 Å². The zero-order valence-electron chi connectivity index (χ0n) is 83.5. The summed E-state index contributed by atoms with van der Waals surface area (Å²) >= 11 is 10.7. The third-order valence-electron chi connectivity index (χ3n) is 23.8. The van der Waals surface area contributed by atoms with Crippen LogP contribution in [0, 0.1) is 6.92 Å². The molecule has 0 bridgehead atoms. The summed E-state index contributed by atoms with van der Waals surface area (Å²) < 4.78 is 28.0. The van der Waals surface area contributed by atoms with Crippen molar-refractivity contribution < 1.29 is 93.6 Å². The van der Waals surface area contributed by atoms with Gasteiger partial charge in [0.1, 0.15) is 11.2 Å². The second-order valence-corrected chi connectivity index (χ2v) is 73.6. The summed E-state index contributed by atoms with van der Waals surface area (Å²) in [5.41, 5.74) is 34.4. The molecule has 16 nitrogen and oxygen atoms in total. The third kappa shape index (κ3) is 35.8. The maximum atomic E-state index is 12.1. The van der Waals surface area contributed by atoms with Crippen molar-refractivity contribution >= 4 is 157 Å². The van der Waals surface area contributed by atoms with Crippen molar-refractivity contribution in [2.75, 3.05) is 87.2 Å². The molecule has 0 radical (unpaired) electrons. The van der Waals surface area contributed by atoms with Crippen LogP contribution in [0.15, 0.2) is 198 Å². The number of fused-ring (bicyclic) bond motifs is 6. The number of carbonyl (C=O) groups excluding carboxylic acids is 2. The Morgan fingerprint density at radius 1 is 0.500 bits per heavy atom. The standard InChI is InChI=1S/C35H47N3O2.C29H39N4.C19H28N2O2.C11H13N.C6H14O2.C4H9Br.C2H5.CH4.2BrH.2ClH.3HI.V/c1-9-10-24-37-28-19-13-11-17-26(28)34(5,6)30(37)21-15-22-31-35(7,8)27-18-12-14-20-29(27)38(31)25-16-23-36-32(39)40-33(2,3)4;1-28(2)22-12-5-7-14-24(22)32(20-10-18-30)26(28)16-9-17-27-29(3,4)23-13-6-8-15-25(23)33(27)21-11-19-31;1-14-19(5,6)15-10-7-8-11-16(15)21(14)13-9-12-20-17(22)23-18(2,3)4;1-8-11(2,3)9-6-4-5-7-10(9)12-8;1-4-7-6(3)8-5-2;1-2-3-4-5;1-2;;;;;;;;;/h11-15,17-22H,9-10,16,23-25H2,1-8H3;5-9,12-17H,10-11,18-21,30-31H2,1-4H3;7-8,10-11H,9,12-13H2,1-6H3;4-7H,1-3H3;6H,4-5H2,1-3H3;2-4H2,1H3;1H2,2H3;1H4;7*1H;/q;+1;;;;;-1;;;;;;;;;+3/p-4. The number of hydrogen-bond donors (Lipinski definition) is 4. The van der Waals surface area contributed by atoms with E-state index in [0.29, 0.717) is 26.2 Å². The molecule has 0 aliphatic carbocycles. The van der Waals surface area contributed by atoms with Crippen molar-refractivity contribution in [3.63, 3.8) is 0 Å². The van der Waals surface area contributed by atoms with Crippen LogP contribution in [0.3, 0.4) is 0 Å². The number of nitrogens with one attached hydrogen (secondary N) is 2. The molecule has 0 spiro atoms. The van der Waals surface area contributed by atoms with Crippen LogP contribution >= 0.6 is 88.3 Å². The number of alkyl halides is 1. The number of halogens is 8. The number of anilines is 2. The predicted molar refractivity (Wildman–Crippen MR) is 582 cm³/mol. The van der Waals surface area contributed by atoms with Crippen molar-refractivity contribution in [3.8, 4) is 0 Å². The molecular weight excluding hydrogens is 2260 g/mol. The van der Waals surface area contributed by atoms with Crippen LogP contribution < -0.4 is 78.3 Å². The third-order valence-corrected chi connectivity index (χ3v) is 24.4. The van der Waals surface area contributed by atoms with Gasteiger partial charge < -0.3 is 104 Å². The van der Waals surface area contributed by atoms with E-state index in [1.165, 1.54) is 115 Å². The topological polar surface area (TPSA) is 175 Å². The molecule has 6 aromatic rings. The Morgan fingerprint density at radius 2 is 0.833 bits per heavy atom. The van der Waals surface area contributed by atoms with Gasteiger partial charge in [-0.1, -0.05) is 213 Å². The van der Waals surface area contributed by atoms with Crippen LogP contribution in [-0.4, -0.2) is 144 Å². The molecule has 0 fully saturated rings. The minimum absolute atomic E-state index is 0. The van der Waals surface area contributed by atoms with Crippen molar-refractivity contribution in [2.24, 2.45) is 16.5 Å². The first-order chi connectivity index (χ1) is 59.9. The van der Waals surface area contributed by atoms with E-state index in [9.17, 15) is 9.59 Å². The molecule has 2 amide bonds. The van der Waals surface area contributed by atoms with E-state index in [1.54, 1.807) is 6.92 Å². The summed E-state index contributed by atoms with van der Waals surface area (Å²) in [5, 5.41) is 6.89. The first kappa shape index (κ1) is 128. The predicted octanol–water partition coefficient (Wildman–Crippen LogP) is 19.2. The van der Waals surface area contributed by atoms with Crippen LogP contribution in [0.5, 0.6) is 0 Å². The summed E-state index contributed by atoms with van der Waals surface area (Å²) in [6.07, 6.45) is 21.6. The zero-order valence-corrected chi connectivity index (χ0v) is 97.7. The number of nitrogens with two attached hydrogens (primary N) is 2. The summed E-state index contributed by atoms with van der Waals surface area (Å²) in [5.74, 6) is 0. The Labute approximate surface area is 878 Å². The molecule has 0 saturated carbocycles. The fourth-order valence-corrected chi connectivity index (χ4v) is 17.4. The monoisotopic (exact) mass is 2420 g/mol. The van der Waals surface area contributed by atoms with Gasteiger partial charge in [-0.15, -0.1) is 12.4 Å². The van der Waals surface area contributed by atoms with Crippen LogP contribution in [0.25, 0.3) is 0 Å². The maximum absolute atomic E-state index is 12.1. The second kappa shape index (κ2) is 60.7. The van der Waals surface area contributed by atoms with Crippen molar-refractivity contribution in [1.29, 1.82) is 0 Å². The van der Waals surface area contributed by atoms with Crippen molar-refractivity contribution in [2.45, 2.75) is 289 Å². The molecule has 6 aliphatic rings. The van der Waals surface area contributed by atoms with Crippen LogP contribution in [-0.2, 0) is 56.4 Å². The number of carbonyl (C=O) groups is 2. The van der Waals surface area contributed by atoms with E-state index >= 15 is 0 Å². The fourth-order valence-electron chi connectivity index (χ4n) is 16.8. The van der Waals surface area contributed by atoms with E-state index in [2.05, 4.69) is 409 Å². The van der Waals surface area contributed by atoms with Gasteiger partial charge >= 0.3 is 77.0 Å². The number of alkyl carbamates (subject to hydrolysis) is 2. The zero-order chi connectivity index (χ0) is 94.9. The van der Waals surface area contributed by atoms with Crippen LogP contribution in [0.4, 0.5) is 43.7 Å². The second-order valence-electron chi connectivity index (χ2n) is 37.4. The first-order valence-corrected chi connectivity index (χ1v) is 60.5. The molecule has 738 valence electrons. The number of para-hydroxylation sites is 6. The molecule has 12 rings (SSSR count). The molecule has 6 N–H and O–H groups in total. The molecular formula is C107H162Br3Cl2I3N10O6V-. The molecule has 25 heteroatoms. The average Bonchev–Trinajstić information content (AvgIpc) is 1.61. The van der Waals surface area contributed by atoms with E-state index in [0.717, 1.165) is 89.1 Å². The molecule has 132 heavy (non-hydrogen) atoms. The van der Waals surface area contributed by atoms with E-state index < -0.39 is 11.2 Å². The molecule has 0 atom stereocenters. The number of unbranched alkanes of at least 4 members (excludes halogenated alkanes) is 2. The normalized spacial score (nSPS) is 16.3. The number of allylic oxidation sites excluding steroid dienone is 8. The number of aliphatic imine (C=N–C) groups is 1. The number of hydrogen-bond acceptors (Lipinski definition) is 11. The Kier molecular flexibility index (Phi) is 58.7. The molecule has 6 aliphatic heterocycles. The van der Waals surface area contributed by atoms with Crippen LogP contribution in [0.2, 0.25) is 0 Å². The van der Waals surface area contributed by atoms with E-state index in [-0.39, 0.29) is 122 Å². The summed E-state index contributed by atoms with van der Waals surface area (Å²) in [6, 6.07) is 52.0. The summed E-state index contributed by atoms with van der Waals surface area (Å²) in [6.45, 7) is 67.0. The SMILES string of the molecule is C.CC1(C)C(/C=C/C=C2\N(CCCN)c3ccccc3C2(C)C)=[N+](CCCN)c2ccccc21.CC1=Nc2ccccc2C1(C)C.CC1=[N+](CCCNC(=O)OC(C)(C)C)c2ccccc2C1(C)C.CCCCBr.CCCCN1C(=CC=CC2=[N+](CCCNC(=O)OC(C)(C)C)c3ccccc3C2(C)C)C(C)(C)c2ccccc21.CCOC(C)OCC.Cl.[Br-].[Br-].[CH2-]C.[Cl-].[I][V]([I])[I]. The molecule has 6 aromatic carbocycles. The quantitative estimate of drug-likeness (QED) is 0.00970. The van der Waals surface area contributed by atoms with Gasteiger partial charge in [0, 0.05) is 163 Å². The Bertz CT molecular complexity index is 4790. The van der Waals surface area contributed by atoms with Gasteiger partial charge in [-0.05, 0) is 190 Å². The van der Waals surface area contributed by atoms with E-state index in [1.807, 2.05) is 68.4 Å². The minimum atomic E-state index is -0.496. The van der Waals surface area contributed by atoms with Crippen molar-refractivity contribution in [3.05, 3.63) is 234 Å². The number of nitrogens with zero attached hydrogens (tertiary/aromatic N) is 6. The number of ether oxygens (including phenoxy) is 4. The fraction of sp³-hybridized carbons (Fsp3) is 0.523. The number of rotatable bonds is 27. The van der Waals surface area contributed by atoms with Gasteiger partial charge in [0.2, 0.25) is 17.1 Å². The van der Waals surface area contributed by atoms with E-state index in [4.69, 9.17) is 30.4 Å². The van der Waals surface area contributed by atoms with Gasteiger partial charge in [-0.2, -0.15) is 20.7 Å². The number of benzene rings is 6. The molecule has 0 saturated heterocycles. The Hall–Kier alpha value is -4.27. The molecule has 6 heterocycles. The molecule has 0 aromatic heterocycles. The summed E-state index contributed by atoms with van der Waals surface area (Å²) in [7, 11) is 0. The summed E-state index contributed by atoms with van der Waals surface area (Å²) in [4.78, 5) is 33.0. The van der Waals surface area contributed by atoms with Crippen LogP contribution in [0.1, 0.15) is 272 Å². The van der Waals surface area contributed by atoms with Gasteiger partial charge in [0.15, 0.2) is 43.1 Å². The first-order valence-electron chi connectivity index (χ1n) is 45.9. The van der Waals surface area contributed by atoms with Gasteiger partial charge in [0.25, 0.3) is 0 Å².